The molecule has 2 aromatic rings. The zero-order valence-corrected chi connectivity index (χ0v) is 16.1. The minimum absolute atomic E-state index is 0.0125. The van der Waals surface area contributed by atoms with Gasteiger partial charge in [0.2, 0.25) is 10.0 Å². The van der Waals surface area contributed by atoms with E-state index in [9.17, 15) is 13.2 Å². The Balaban J connectivity index is 1.53. The number of hydrogen-bond donors (Lipinski definition) is 1. The number of sulfonamides is 1. The Morgan fingerprint density at radius 3 is 2.81 bits per heavy atom. The molecule has 1 aliphatic carbocycles. The monoisotopic (exact) mass is 390 g/mol. The van der Waals surface area contributed by atoms with Crippen LogP contribution in [-0.4, -0.2) is 31.8 Å². The summed E-state index contributed by atoms with van der Waals surface area (Å²) < 4.78 is 28.0. The Morgan fingerprint density at radius 2 is 2.00 bits per heavy atom. The number of hydrogen-bond acceptors (Lipinski definition) is 4. The molecule has 2 heterocycles. The largest absolute Gasteiger partial charge is 0.334 e. The molecule has 0 bridgehead atoms. The molecule has 2 aliphatic rings. The predicted molar refractivity (Wildman–Crippen MR) is 102 cm³/mol. The molecule has 1 saturated carbocycles. The average Bonchev–Trinajstić information content (AvgIpc) is 3.31. The summed E-state index contributed by atoms with van der Waals surface area (Å²) in [5.41, 5.74) is 1.62. The van der Waals surface area contributed by atoms with Gasteiger partial charge in [0, 0.05) is 29.6 Å². The molecule has 1 N–H and O–H groups in total. The van der Waals surface area contributed by atoms with Crippen LogP contribution in [0.1, 0.15) is 46.5 Å². The fraction of sp³-hybridized carbons (Fsp3) is 0.421. The van der Waals surface area contributed by atoms with Crippen LogP contribution in [0.2, 0.25) is 0 Å². The lowest BCUT2D eigenvalue weighted by molar-refractivity contribution is 0.0735. The van der Waals surface area contributed by atoms with Gasteiger partial charge in [-0.3, -0.25) is 4.79 Å². The molecular formula is C19H22N2O3S2. The van der Waals surface area contributed by atoms with Gasteiger partial charge >= 0.3 is 0 Å². The molecule has 1 fully saturated rings. The second-order valence-electron chi connectivity index (χ2n) is 6.98. The highest BCUT2D eigenvalue weighted by Crippen LogP contribution is 2.26. The molecule has 7 heteroatoms. The van der Waals surface area contributed by atoms with Crippen LogP contribution < -0.4 is 4.72 Å². The smallest absolute Gasteiger partial charge is 0.254 e. The Labute approximate surface area is 158 Å². The van der Waals surface area contributed by atoms with Crippen molar-refractivity contribution in [1.29, 1.82) is 0 Å². The first-order valence-corrected chi connectivity index (χ1v) is 11.4. The van der Waals surface area contributed by atoms with E-state index in [1.54, 1.807) is 34.4 Å². The van der Waals surface area contributed by atoms with E-state index >= 15 is 0 Å². The minimum atomic E-state index is -3.59. The van der Waals surface area contributed by atoms with Gasteiger partial charge in [-0.2, -0.15) is 0 Å². The van der Waals surface area contributed by atoms with Crippen molar-refractivity contribution in [2.45, 2.75) is 49.6 Å². The van der Waals surface area contributed by atoms with Gasteiger partial charge in [-0.1, -0.05) is 18.9 Å². The third kappa shape index (κ3) is 3.56. The first-order chi connectivity index (χ1) is 12.5. The zero-order valence-electron chi connectivity index (χ0n) is 14.5. The van der Waals surface area contributed by atoms with Crippen molar-refractivity contribution in [2.24, 2.45) is 0 Å². The maximum Gasteiger partial charge on any atom is 0.254 e. The highest BCUT2D eigenvalue weighted by molar-refractivity contribution is 7.89. The van der Waals surface area contributed by atoms with Crippen LogP contribution in [-0.2, 0) is 23.0 Å². The number of fused-ring (bicyclic) bond motifs is 1. The first kappa shape index (κ1) is 17.7. The number of rotatable bonds is 4. The van der Waals surface area contributed by atoms with E-state index in [0.29, 0.717) is 18.7 Å². The van der Waals surface area contributed by atoms with Crippen LogP contribution in [0.3, 0.4) is 0 Å². The molecule has 138 valence electrons. The van der Waals surface area contributed by atoms with Gasteiger partial charge in [-0.05, 0) is 54.5 Å². The Kier molecular flexibility index (Phi) is 4.86. The van der Waals surface area contributed by atoms with E-state index in [1.807, 2.05) is 0 Å². The molecule has 5 nitrogen and oxygen atoms in total. The van der Waals surface area contributed by atoms with Gasteiger partial charge in [-0.25, -0.2) is 13.1 Å². The van der Waals surface area contributed by atoms with Crippen molar-refractivity contribution in [3.05, 3.63) is 51.7 Å². The zero-order chi connectivity index (χ0) is 18.1. The second kappa shape index (κ2) is 7.13. The number of nitrogens with one attached hydrogen (secondary N) is 1. The van der Waals surface area contributed by atoms with E-state index in [2.05, 4.69) is 16.2 Å². The summed E-state index contributed by atoms with van der Waals surface area (Å²) >= 11 is 1.73. The van der Waals surface area contributed by atoms with Gasteiger partial charge in [-0.15, -0.1) is 11.3 Å². The van der Waals surface area contributed by atoms with Crippen molar-refractivity contribution in [2.75, 3.05) is 6.54 Å². The van der Waals surface area contributed by atoms with Crippen LogP contribution in [0, 0.1) is 0 Å². The lowest BCUT2D eigenvalue weighted by atomic mass is 10.1. The number of carbonyl (C=O) groups excluding carboxylic acids is 1. The molecule has 0 radical (unpaired) electrons. The quantitative estimate of drug-likeness (QED) is 0.872. The van der Waals surface area contributed by atoms with E-state index in [0.717, 1.165) is 32.1 Å². The van der Waals surface area contributed by atoms with Crippen LogP contribution >= 0.6 is 11.3 Å². The molecule has 0 spiro atoms. The molecule has 4 rings (SSSR count). The van der Waals surface area contributed by atoms with Crippen LogP contribution in [0.5, 0.6) is 0 Å². The molecule has 1 aliphatic heterocycles. The van der Waals surface area contributed by atoms with Crippen LogP contribution in [0.25, 0.3) is 0 Å². The third-order valence-corrected chi connectivity index (χ3v) is 7.70. The molecule has 1 amide bonds. The van der Waals surface area contributed by atoms with Gasteiger partial charge < -0.3 is 4.90 Å². The van der Waals surface area contributed by atoms with E-state index in [-0.39, 0.29) is 16.8 Å². The summed E-state index contributed by atoms with van der Waals surface area (Å²) in [6.07, 6.45) is 4.75. The van der Waals surface area contributed by atoms with Crippen molar-refractivity contribution in [3.8, 4) is 0 Å². The molecule has 1 aromatic heterocycles. The molecular weight excluding hydrogens is 368 g/mol. The summed E-state index contributed by atoms with van der Waals surface area (Å²) in [7, 11) is -3.59. The SMILES string of the molecule is O=C(c1cccc(S(=O)(=O)NC2CCCC2)c1)N1CCc2sccc2C1. The molecule has 0 atom stereocenters. The van der Waals surface area contributed by atoms with Gasteiger partial charge in [0.25, 0.3) is 5.91 Å². The van der Waals surface area contributed by atoms with E-state index in [1.165, 1.54) is 16.5 Å². The van der Waals surface area contributed by atoms with Crippen molar-refractivity contribution >= 4 is 27.3 Å². The standard InChI is InChI=1S/C19H22N2O3S2/c22-19(21-10-8-18-15(13-21)9-11-25-18)14-4-3-7-17(12-14)26(23,24)20-16-5-1-2-6-16/h3-4,7,9,11-12,16,20H,1-2,5-6,8,10,13H2. The normalized spacial score (nSPS) is 18.1. The lowest BCUT2D eigenvalue weighted by Crippen LogP contribution is -2.36. The summed E-state index contributed by atoms with van der Waals surface area (Å²) in [5, 5.41) is 2.06. The van der Waals surface area contributed by atoms with Gasteiger partial charge in [0.05, 0.1) is 4.90 Å². The Bertz CT molecular complexity index is 914. The molecule has 0 saturated heterocycles. The number of amides is 1. The summed E-state index contributed by atoms with van der Waals surface area (Å²) in [4.78, 5) is 16.2. The van der Waals surface area contributed by atoms with Crippen molar-refractivity contribution in [3.63, 3.8) is 0 Å². The maximum absolute atomic E-state index is 12.9. The van der Waals surface area contributed by atoms with Crippen LogP contribution in [0.4, 0.5) is 0 Å². The lowest BCUT2D eigenvalue weighted by Gasteiger charge is -2.27. The maximum atomic E-state index is 12.9. The van der Waals surface area contributed by atoms with Gasteiger partial charge in [0.15, 0.2) is 0 Å². The topological polar surface area (TPSA) is 66.5 Å². The fourth-order valence-corrected chi connectivity index (χ4v) is 5.97. The fourth-order valence-electron chi connectivity index (χ4n) is 3.73. The summed E-state index contributed by atoms with van der Waals surface area (Å²) in [6.45, 7) is 1.26. The first-order valence-electron chi connectivity index (χ1n) is 9.00. The molecule has 1 aromatic carbocycles. The summed E-state index contributed by atoms with van der Waals surface area (Å²) in [5.74, 6) is -0.111. The highest BCUT2D eigenvalue weighted by atomic mass is 32.2. The number of nitrogens with zero attached hydrogens (tertiary/aromatic N) is 1. The van der Waals surface area contributed by atoms with Crippen LogP contribution in [0.15, 0.2) is 40.6 Å². The Morgan fingerprint density at radius 1 is 1.19 bits per heavy atom. The summed E-state index contributed by atoms with van der Waals surface area (Å²) in [6, 6.07) is 8.48. The van der Waals surface area contributed by atoms with E-state index < -0.39 is 10.0 Å². The molecule has 26 heavy (non-hydrogen) atoms. The minimum Gasteiger partial charge on any atom is -0.334 e. The second-order valence-corrected chi connectivity index (χ2v) is 9.69. The number of thiophene rings is 1. The number of benzene rings is 1. The average molecular weight is 391 g/mol. The third-order valence-electron chi connectivity index (χ3n) is 5.16. The predicted octanol–water partition coefficient (Wildman–Crippen LogP) is 3.17. The van der Waals surface area contributed by atoms with Crippen molar-refractivity contribution in [1.82, 2.24) is 9.62 Å². The molecule has 0 unspecified atom stereocenters. The van der Waals surface area contributed by atoms with E-state index in [4.69, 9.17) is 0 Å². The Hall–Kier alpha value is -1.70. The van der Waals surface area contributed by atoms with Gasteiger partial charge in [0.1, 0.15) is 0 Å². The highest BCUT2D eigenvalue weighted by Gasteiger charge is 2.26. The number of carbonyl (C=O) groups is 1. The van der Waals surface area contributed by atoms with Crippen molar-refractivity contribution < 1.29 is 13.2 Å².